The van der Waals surface area contributed by atoms with E-state index in [1.165, 1.54) is 11.1 Å². The Balaban J connectivity index is 2.10. The molecule has 0 saturated carbocycles. The van der Waals surface area contributed by atoms with Gasteiger partial charge in [0.15, 0.2) is 0 Å². The van der Waals surface area contributed by atoms with E-state index in [-0.39, 0.29) is 6.61 Å². The number of aliphatic carboxylic acids is 1. The largest absolute Gasteiger partial charge is 0.480 e. The molecule has 1 aliphatic heterocycles. The van der Waals surface area contributed by atoms with E-state index in [9.17, 15) is 4.79 Å². The van der Waals surface area contributed by atoms with Crippen LogP contribution in [0, 0.1) is 13.8 Å². The summed E-state index contributed by atoms with van der Waals surface area (Å²) in [5.41, 5.74) is 3.66. The number of carboxylic acid groups (broad SMARTS) is 1. The summed E-state index contributed by atoms with van der Waals surface area (Å²) in [6, 6.07) is 5.75. The maximum Gasteiger partial charge on any atom is 0.323 e. The predicted molar refractivity (Wildman–Crippen MR) is 68.6 cm³/mol. The topological polar surface area (TPSA) is 49.8 Å². The third-order valence-electron chi connectivity index (χ3n) is 3.48. The number of nitrogens with zero attached hydrogens (tertiary/aromatic N) is 1. The van der Waals surface area contributed by atoms with E-state index in [4.69, 9.17) is 9.84 Å². The van der Waals surface area contributed by atoms with Crippen molar-refractivity contribution in [3.63, 3.8) is 0 Å². The third kappa shape index (κ3) is 2.89. The van der Waals surface area contributed by atoms with Gasteiger partial charge in [-0.3, -0.25) is 9.69 Å². The van der Waals surface area contributed by atoms with Gasteiger partial charge in [-0.2, -0.15) is 0 Å². The number of aryl methyl sites for hydroxylation is 2. The molecule has 0 amide bonds. The Morgan fingerprint density at radius 3 is 2.89 bits per heavy atom. The summed E-state index contributed by atoms with van der Waals surface area (Å²) in [7, 11) is 0. The van der Waals surface area contributed by atoms with Gasteiger partial charge in [-0.05, 0) is 30.5 Å². The first-order chi connectivity index (χ1) is 8.58. The Kier molecular flexibility index (Phi) is 3.99. The normalized spacial score (nSPS) is 20.9. The first-order valence-corrected chi connectivity index (χ1v) is 6.18. The number of carbonyl (C=O) groups is 1. The highest BCUT2D eigenvalue weighted by atomic mass is 16.5. The molecule has 4 heteroatoms. The van der Waals surface area contributed by atoms with Crippen LogP contribution in [0.15, 0.2) is 18.2 Å². The minimum absolute atomic E-state index is 0.278. The Labute approximate surface area is 107 Å². The summed E-state index contributed by atoms with van der Waals surface area (Å²) in [6.07, 6.45) is 0. The number of ether oxygens (including phenoxy) is 1. The Morgan fingerprint density at radius 2 is 2.22 bits per heavy atom. The van der Waals surface area contributed by atoms with Gasteiger partial charge in [0.1, 0.15) is 6.04 Å². The molecule has 18 heavy (non-hydrogen) atoms. The summed E-state index contributed by atoms with van der Waals surface area (Å²) in [5, 5.41) is 9.16. The molecule has 1 saturated heterocycles. The van der Waals surface area contributed by atoms with Crippen LogP contribution < -0.4 is 0 Å². The Morgan fingerprint density at radius 1 is 1.44 bits per heavy atom. The second-order valence-corrected chi connectivity index (χ2v) is 4.82. The molecule has 1 atom stereocenters. The number of rotatable bonds is 3. The summed E-state index contributed by atoms with van der Waals surface area (Å²) >= 11 is 0. The zero-order valence-electron chi connectivity index (χ0n) is 10.8. The van der Waals surface area contributed by atoms with Gasteiger partial charge < -0.3 is 9.84 Å². The van der Waals surface area contributed by atoms with Crippen molar-refractivity contribution >= 4 is 5.97 Å². The molecule has 0 aliphatic carbocycles. The van der Waals surface area contributed by atoms with Crippen molar-refractivity contribution < 1.29 is 14.6 Å². The summed E-state index contributed by atoms with van der Waals surface area (Å²) < 4.78 is 5.23. The van der Waals surface area contributed by atoms with Gasteiger partial charge in [0.2, 0.25) is 0 Å². The molecule has 1 heterocycles. The van der Waals surface area contributed by atoms with Gasteiger partial charge in [0.25, 0.3) is 0 Å². The van der Waals surface area contributed by atoms with E-state index in [0.29, 0.717) is 19.7 Å². The van der Waals surface area contributed by atoms with Crippen molar-refractivity contribution in [1.82, 2.24) is 4.90 Å². The Hall–Kier alpha value is -1.39. The molecule has 1 fully saturated rings. The average molecular weight is 249 g/mol. The molecule has 1 aromatic rings. The van der Waals surface area contributed by atoms with Gasteiger partial charge in [-0.25, -0.2) is 0 Å². The quantitative estimate of drug-likeness (QED) is 0.883. The first kappa shape index (κ1) is 13.1. The van der Waals surface area contributed by atoms with E-state index >= 15 is 0 Å². The molecule has 1 aromatic carbocycles. The lowest BCUT2D eigenvalue weighted by molar-refractivity contribution is -0.150. The van der Waals surface area contributed by atoms with E-state index in [1.807, 2.05) is 4.90 Å². The highest BCUT2D eigenvalue weighted by molar-refractivity contribution is 5.73. The maximum atomic E-state index is 11.2. The molecule has 0 spiro atoms. The van der Waals surface area contributed by atoms with Crippen molar-refractivity contribution in [1.29, 1.82) is 0 Å². The van der Waals surface area contributed by atoms with Crippen LogP contribution >= 0.6 is 0 Å². The number of benzene rings is 1. The molecule has 1 unspecified atom stereocenters. The first-order valence-electron chi connectivity index (χ1n) is 6.18. The lowest BCUT2D eigenvalue weighted by Gasteiger charge is -2.32. The molecule has 0 radical (unpaired) electrons. The van der Waals surface area contributed by atoms with Crippen molar-refractivity contribution in [3.05, 3.63) is 34.9 Å². The van der Waals surface area contributed by atoms with Crippen molar-refractivity contribution in [2.45, 2.75) is 26.4 Å². The maximum absolute atomic E-state index is 11.2. The van der Waals surface area contributed by atoms with Crippen LogP contribution in [-0.4, -0.2) is 41.8 Å². The lowest BCUT2D eigenvalue weighted by Crippen LogP contribution is -2.49. The minimum Gasteiger partial charge on any atom is -0.480 e. The van der Waals surface area contributed by atoms with Crippen molar-refractivity contribution in [2.75, 3.05) is 19.8 Å². The summed E-state index contributed by atoms with van der Waals surface area (Å²) in [5.74, 6) is -0.807. The molecule has 4 nitrogen and oxygen atoms in total. The van der Waals surface area contributed by atoms with Gasteiger partial charge in [0, 0.05) is 13.1 Å². The van der Waals surface area contributed by atoms with Gasteiger partial charge in [0.05, 0.1) is 13.2 Å². The van der Waals surface area contributed by atoms with Crippen LogP contribution in [0.2, 0.25) is 0 Å². The number of hydrogen-bond acceptors (Lipinski definition) is 3. The number of carboxylic acids is 1. The highest BCUT2D eigenvalue weighted by Gasteiger charge is 2.28. The van der Waals surface area contributed by atoms with E-state index < -0.39 is 12.0 Å². The molecule has 0 bridgehead atoms. The second kappa shape index (κ2) is 5.50. The zero-order chi connectivity index (χ0) is 13.1. The molecular weight excluding hydrogens is 230 g/mol. The minimum atomic E-state index is -0.807. The average Bonchev–Trinajstić information content (AvgIpc) is 2.34. The second-order valence-electron chi connectivity index (χ2n) is 4.82. The molecule has 2 rings (SSSR count). The van der Waals surface area contributed by atoms with E-state index in [1.54, 1.807) is 0 Å². The van der Waals surface area contributed by atoms with E-state index in [2.05, 4.69) is 32.0 Å². The van der Waals surface area contributed by atoms with Gasteiger partial charge >= 0.3 is 5.97 Å². The zero-order valence-corrected chi connectivity index (χ0v) is 10.8. The summed E-state index contributed by atoms with van der Waals surface area (Å²) in [4.78, 5) is 13.1. The fraction of sp³-hybridized carbons (Fsp3) is 0.500. The number of morpholine rings is 1. The summed E-state index contributed by atoms with van der Waals surface area (Å²) in [6.45, 7) is 6.38. The van der Waals surface area contributed by atoms with Crippen LogP contribution in [0.1, 0.15) is 16.7 Å². The van der Waals surface area contributed by atoms with Crippen molar-refractivity contribution in [3.8, 4) is 0 Å². The van der Waals surface area contributed by atoms with Crippen LogP contribution in [0.25, 0.3) is 0 Å². The van der Waals surface area contributed by atoms with Crippen molar-refractivity contribution in [2.24, 2.45) is 0 Å². The molecule has 0 aromatic heterocycles. The van der Waals surface area contributed by atoms with Crippen LogP contribution in [0.4, 0.5) is 0 Å². The van der Waals surface area contributed by atoms with Crippen LogP contribution in [-0.2, 0) is 16.1 Å². The smallest absolute Gasteiger partial charge is 0.323 e. The number of hydrogen-bond donors (Lipinski definition) is 1. The highest BCUT2D eigenvalue weighted by Crippen LogP contribution is 2.15. The van der Waals surface area contributed by atoms with Gasteiger partial charge in [-0.1, -0.05) is 18.2 Å². The molecule has 98 valence electrons. The van der Waals surface area contributed by atoms with Crippen LogP contribution in [0.5, 0.6) is 0 Å². The predicted octanol–water partition coefficient (Wildman–Crippen LogP) is 1.59. The fourth-order valence-corrected chi connectivity index (χ4v) is 2.19. The standard InChI is InChI=1S/C14H19NO3/c1-10-3-4-12(7-11(10)2)8-15-5-6-18-9-13(15)14(16)17/h3-4,7,13H,5-6,8-9H2,1-2H3,(H,16,17). The van der Waals surface area contributed by atoms with Crippen LogP contribution in [0.3, 0.4) is 0 Å². The lowest BCUT2D eigenvalue weighted by atomic mass is 10.1. The van der Waals surface area contributed by atoms with E-state index in [0.717, 1.165) is 5.56 Å². The Bertz CT molecular complexity index is 445. The van der Waals surface area contributed by atoms with Gasteiger partial charge in [-0.15, -0.1) is 0 Å². The third-order valence-corrected chi connectivity index (χ3v) is 3.48. The molecule has 1 N–H and O–H groups in total. The fourth-order valence-electron chi connectivity index (χ4n) is 2.19. The SMILES string of the molecule is Cc1ccc(CN2CCOCC2C(=O)O)cc1C. The molecule has 1 aliphatic rings. The monoisotopic (exact) mass is 249 g/mol. The molecular formula is C14H19NO3.